The fraction of sp³-hybridized carbons (Fsp3) is 0.348. The van der Waals surface area contributed by atoms with Gasteiger partial charge in [-0.3, -0.25) is 4.98 Å². The maximum Gasteiger partial charge on any atom is 0.139 e. The predicted octanol–water partition coefficient (Wildman–Crippen LogP) is 4.36. The van der Waals surface area contributed by atoms with Crippen molar-refractivity contribution in [1.82, 2.24) is 15.0 Å². The molecule has 1 saturated carbocycles. The number of aliphatic hydroxyl groups is 1. The van der Waals surface area contributed by atoms with E-state index in [1.54, 1.807) is 18.6 Å². The number of aromatic nitrogens is 3. The molecule has 1 aliphatic carbocycles. The van der Waals surface area contributed by atoms with Crippen molar-refractivity contribution in [2.45, 2.75) is 45.3 Å². The highest BCUT2D eigenvalue weighted by molar-refractivity contribution is 5.63. The maximum atomic E-state index is 11.6. The Bertz CT molecular complexity index is 930. The van der Waals surface area contributed by atoms with Gasteiger partial charge in [0.1, 0.15) is 17.7 Å². The lowest BCUT2D eigenvalue weighted by Crippen LogP contribution is -2.42. The van der Waals surface area contributed by atoms with E-state index in [9.17, 15) is 5.11 Å². The first-order valence-electron chi connectivity index (χ1n) is 9.59. The van der Waals surface area contributed by atoms with Gasteiger partial charge in [0, 0.05) is 35.1 Å². The van der Waals surface area contributed by atoms with Crippen LogP contribution in [-0.2, 0) is 5.60 Å². The van der Waals surface area contributed by atoms with Crippen LogP contribution in [0.4, 0.5) is 0 Å². The lowest BCUT2D eigenvalue weighted by molar-refractivity contribution is -0.0301. The molecule has 5 heteroatoms. The average Bonchev–Trinajstić information content (AvgIpc) is 3.52. The van der Waals surface area contributed by atoms with E-state index >= 15 is 0 Å². The van der Waals surface area contributed by atoms with Crippen LogP contribution in [0.15, 0.2) is 61.3 Å². The largest absolute Gasteiger partial charge is 0.490 e. The molecule has 2 aromatic heterocycles. The van der Waals surface area contributed by atoms with Crippen LogP contribution in [0.3, 0.4) is 0 Å². The van der Waals surface area contributed by atoms with E-state index in [2.05, 4.69) is 15.0 Å². The molecule has 0 spiro atoms. The first kappa shape index (κ1) is 18.6. The summed E-state index contributed by atoms with van der Waals surface area (Å²) in [4.78, 5) is 12.8. The van der Waals surface area contributed by atoms with E-state index in [1.807, 2.05) is 57.2 Å². The first-order chi connectivity index (χ1) is 13.4. The molecule has 1 fully saturated rings. The maximum absolute atomic E-state index is 11.6. The minimum atomic E-state index is -1.30. The number of benzene rings is 1. The van der Waals surface area contributed by atoms with E-state index in [0.29, 0.717) is 17.4 Å². The Morgan fingerprint density at radius 3 is 2.07 bits per heavy atom. The summed E-state index contributed by atoms with van der Waals surface area (Å²) in [5.74, 6) is 0.905. The zero-order valence-electron chi connectivity index (χ0n) is 16.5. The fourth-order valence-electron chi connectivity index (χ4n) is 3.33. The molecular weight excluding hydrogens is 350 g/mol. The molecule has 1 aromatic carbocycles. The van der Waals surface area contributed by atoms with Crippen molar-refractivity contribution in [3.05, 3.63) is 72.6 Å². The van der Waals surface area contributed by atoms with E-state index in [4.69, 9.17) is 4.74 Å². The Labute approximate surface area is 165 Å². The summed E-state index contributed by atoms with van der Waals surface area (Å²) in [5.41, 5.74) is 1.46. The number of nitrogens with zero attached hydrogens (tertiary/aromatic N) is 3. The van der Waals surface area contributed by atoms with Gasteiger partial charge in [-0.15, -0.1) is 0 Å². The standard InChI is InChI=1S/C23H25N3O2/c1-22(2,3)23(27,18-13-24-15-25-14-18)21-11-6-17(12-26-21)16-4-7-19(8-5-16)28-20-9-10-20/h4-8,11-15,20,27H,9-10H2,1-3H3. The molecule has 0 aliphatic heterocycles. The van der Waals surface area contributed by atoms with Gasteiger partial charge < -0.3 is 9.84 Å². The lowest BCUT2D eigenvalue weighted by Gasteiger charge is -2.39. The summed E-state index contributed by atoms with van der Waals surface area (Å²) in [6.07, 6.45) is 9.24. The zero-order valence-corrected chi connectivity index (χ0v) is 16.5. The van der Waals surface area contributed by atoms with Gasteiger partial charge in [-0.25, -0.2) is 9.97 Å². The second kappa shape index (κ2) is 6.99. The van der Waals surface area contributed by atoms with Crippen molar-refractivity contribution in [2.24, 2.45) is 5.41 Å². The number of hydrogen-bond donors (Lipinski definition) is 1. The van der Waals surface area contributed by atoms with Gasteiger partial charge in [0.15, 0.2) is 0 Å². The quantitative estimate of drug-likeness (QED) is 0.717. The van der Waals surface area contributed by atoms with Crippen molar-refractivity contribution < 1.29 is 9.84 Å². The lowest BCUT2D eigenvalue weighted by atomic mass is 9.70. The molecular formula is C23H25N3O2. The summed E-state index contributed by atoms with van der Waals surface area (Å²) in [5, 5.41) is 11.6. The number of hydrogen-bond acceptors (Lipinski definition) is 5. The van der Waals surface area contributed by atoms with E-state index in [0.717, 1.165) is 29.7 Å². The minimum absolute atomic E-state index is 0.392. The molecule has 3 aromatic rings. The smallest absolute Gasteiger partial charge is 0.139 e. The highest BCUT2D eigenvalue weighted by atomic mass is 16.5. The SMILES string of the molecule is CC(C)(C)C(O)(c1cncnc1)c1ccc(-c2ccc(OC3CC3)cc2)cn1. The normalized spacial score (nSPS) is 16.4. The van der Waals surface area contributed by atoms with Crippen molar-refractivity contribution in [3.8, 4) is 16.9 Å². The van der Waals surface area contributed by atoms with Gasteiger partial charge in [-0.1, -0.05) is 39.0 Å². The molecule has 0 radical (unpaired) electrons. The van der Waals surface area contributed by atoms with Gasteiger partial charge >= 0.3 is 0 Å². The van der Waals surface area contributed by atoms with Crippen LogP contribution in [0.2, 0.25) is 0 Å². The molecule has 0 amide bonds. The number of rotatable bonds is 5. The second-order valence-corrected chi connectivity index (χ2v) is 8.36. The topological polar surface area (TPSA) is 68.1 Å². The average molecular weight is 375 g/mol. The second-order valence-electron chi connectivity index (χ2n) is 8.36. The molecule has 28 heavy (non-hydrogen) atoms. The predicted molar refractivity (Wildman–Crippen MR) is 108 cm³/mol. The summed E-state index contributed by atoms with van der Waals surface area (Å²) in [6, 6.07) is 11.9. The molecule has 5 nitrogen and oxygen atoms in total. The highest BCUT2D eigenvalue weighted by Crippen LogP contribution is 2.43. The van der Waals surface area contributed by atoms with Crippen molar-refractivity contribution >= 4 is 0 Å². The van der Waals surface area contributed by atoms with Crippen LogP contribution in [0.5, 0.6) is 5.75 Å². The molecule has 1 aliphatic rings. The third kappa shape index (κ3) is 3.50. The molecule has 1 unspecified atom stereocenters. The summed E-state index contributed by atoms with van der Waals surface area (Å²) in [6.45, 7) is 5.94. The Balaban J connectivity index is 1.64. The molecule has 1 atom stereocenters. The zero-order chi connectivity index (χ0) is 19.8. The molecule has 0 bridgehead atoms. The molecule has 1 N–H and O–H groups in total. The summed E-state index contributed by atoms with van der Waals surface area (Å²) >= 11 is 0. The monoisotopic (exact) mass is 375 g/mol. The first-order valence-corrected chi connectivity index (χ1v) is 9.59. The fourth-order valence-corrected chi connectivity index (χ4v) is 3.33. The summed E-state index contributed by atoms with van der Waals surface area (Å²) < 4.78 is 5.81. The van der Waals surface area contributed by atoms with Gasteiger partial charge in [0.25, 0.3) is 0 Å². The van der Waals surface area contributed by atoms with Crippen molar-refractivity contribution in [2.75, 3.05) is 0 Å². The van der Waals surface area contributed by atoms with Crippen LogP contribution < -0.4 is 4.74 Å². The van der Waals surface area contributed by atoms with Crippen LogP contribution in [-0.4, -0.2) is 26.2 Å². The van der Waals surface area contributed by atoms with Crippen LogP contribution >= 0.6 is 0 Å². The van der Waals surface area contributed by atoms with E-state index < -0.39 is 11.0 Å². The van der Waals surface area contributed by atoms with Gasteiger partial charge in [-0.2, -0.15) is 0 Å². The number of ether oxygens (including phenoxy) is 1. The molecule has 0 saturated heterocycles. The Kier molecular flexibility index (Phi) is 4.63. The van der Waals surface area contributed by atoms with Gasteiger partial charge in [0.05, 0.1) is 11.8 Å². The third-order valence-corrected chi connectivity index (χ3v) is 5.21. The number of pyridine rings is 1. The Morgan fingerprint density at radius 2 is 1.54 bits per heavy atom. The van der Waals surface area contributed by atoms with E-state index in [1.165, 1.54) is 6.33 Å². The third-order valence-electron chi connectivity index (χ3n) is 5.21. The van der Waals surface area contributed by atoms with Crippen molar-refractivity contribution in [1.29, 1.82) is 0 Å². The van der Waals surface area contributed by atoms with Gasteiger partial charge in [0.2, 0.25) is 0 Å². The summed E-state index contributed by atoms with van der Waals surface area (Å²) in [7, 11) is 0. The molecule has 4 rings (SSSR count). The van der Waals surface area contributed by atoms with Crippen LogP contribution in [0, 0.1) is 5.41 Å². The van der Waals surface area contributed by atoms with E-state index in [-0.39, 0.29) is 0 Å². The van der Waals surface area contributed by atoms with Crippen LogP contribution in [0.1, 0.15) is 44.9 Å². The molecule has 144 valence electrons. The molecule has 2 heterocycles. The Morgan fingerprint density at radius 1 is 0.893 bits per heavy atom. The Hall–Kier alpha value is -2.79. The van der Waals surface area contributed by atoms with Gasteiger partial charge in [-0.05, 0) is 36.6 Å². The highest BCUT2D eigenvalue weighted by Gasteiger charge is 2.45. The van der Waals surface area contributed by atoms with Crippen LogP contribution in [0.25, 0.3) is 11.1 Å². The minimum Gasteiger partial charge on any atom is -0.490 e. The van der Waals surface area contributed by atoms with Crippen molar-refractivity contribution in [3.63, 3.8) is 0 Å².